The predicted molar refractivity (Wildman–Crippen MR) is 91.0 cm³/mol. The van der Waals surface area contributed by atoms with E-state index in [2.05, 4.69) is 0 Å². The lowest BCUT2D eigenvalue weighted by Crippen LogP contribution is -2.45. The summed E-state index contributed by atoms with van der Waals surface area (Å²) >= 11 is 1.60. The Morgan fingerprint density at radius 2 is 2.17 bits per heavy atom. The lowest BCUT2D eigenvalue weighted by Gasteiger charge is -2.29. The Morgan fingerprint density at radius 1 is 1.33 bits per heavy atom. The highest BCUT2D eigenvalue weighted by atomic mass is 32.1. The molecule has 0 spiro atoms. The maximum atomic E-state index is 12.9. The number of carbonyl (C=O) groups excluding carboxylic acids is 2. The highest BCUT2D eigenvalue weighted by molar-refractivity contribution is 7.09. The van der Waals surface area contributed by atoms with E-state index >= 15 is 0 Å². The van der Waals surface area contributed by atoms with Crippen LogP contribution in [0, 0.1) is 0 Å². The number of hydrogen-bond donors (Lipinski definition) is 0. The van der Waals surface area contributed by atoms with Gasteiger partial charge in [0.1, 0.15) is 0 Å². The molecule has 1 atom stereocenters. The van der Waals surface area contributed by atoms with Crippen LogP contribution >= 0.6 is 11.3 Å². The molecule has 1 aliphatic rings. The normalized spacial score (nSPS) is 16.4. The lowest BCUT2D eigenvalue weighted by atomic mass is 9.98. The van der Waals surface area contributed by atoms with Crippen molar-refractivity contribution in [3.63, 3.8) is 0 Å². The zero-order valence-corrected chi connectivity index (χ0v) is 14.3. The van der Waals surface area contributed by atoms with Crippen LogP contribution in [0.4, 0.5) is 0 Å². The van der Waals surface area contributed by atoms with E-state index in [-0.39, 0.29) is 5.91 Å². The number of benzene rings is 1. The van der Waals surface area contributed by atoms with Gasteiger partial charge in [-0.25, -0.2) is 4.79 Å². The Balaban J connectivity index is 1.76. The van der Waals surface area contributed by atoms with Crippen molar-refractivity contribution in [2.24, 2.45) is 0 Å². The zero-order valence-electron chi connectivity index (χ0n) is 13.4. The van der Waals surface area contributed by atoms with Gasteiger partial charge in [-0.1, -0.05) is 24.3 Å². The van der Waals surface area contributed by atoms with E-state index in [0.717, 1.165) is 10.4 Å². The summed E-state index contributed by atoms with van der Waals surface area (Å²) in [6.45, 7) is 1.40. The summed E-state index contributed by atoms with van der Waals surface area (Å²) in [4.78, 5) is 27.8. The minimum Gasteiger partial charge on any atom is -0.448 e. The first kappa shape index (κ1) is 16.7. The Kier molecular flexibility index (Phi) is 5.27. The third-order valence-electron chi connectivity index (χ3n) is 3.97. The number of nitrogens with zero attached hydrogens (tertiary/aromatic N) is 1. The van der Waals surface area contributed by atoms with E-state index < -0.39 is 12.1 Å². The molecule has 2 aromatic rings. The number of fused-ring (bicyclic) bond motifs is 1. The first-order chi connectivity index (χ1) is 11.7. The summed E-state index contributed by atoms with van der Waals surface area (Å²) in [5, 5.41) is 1.98. The molecule has 1 amide bonds. The van der Waals surface area contributed by atoms with Crippen LogP contribution in [0.2, 0.25) is 0 Å². The van der Waals surface area contributed by atoms with Crippen molar-refractivity contribution in [2.75, 3.05) is 20.3 Å². The summed E-state index contributed by atoms with van der Waals surface area (Å²) in [5.74, 6) is -0.610. The van der Waals surface area contributed by atoms with Crippen molar-refractivity contribution in [1.82, 2.24) is 4.90 Å². The minimum atomic E-state index is -0.774. The summed E-state index contributed by atoms with van der Waals surface area (Å²) in [7, 11) is 1.60. The van der Waals surface area contributed by atoms with Crippen molar-refractivity contribution in [2.45, 2.75) is 19.1 Å². The number of cyclic esters (lactones) is 1. The van der Waals surface area contributed by atoms with Gasteiger partial charge in [0.15, 0.2) is 6.10 Å². The molecule has 1 aromatic heterocycles. The van der Waals surface area contributed by atoms with Crippen molar-refractivity contribution in [1.29, 1.82) is 0 Å². The van der Waals surface area contributed by atoms with Gasteiger partial charge in [0.2, 0.25) is 0 Å². The fourth-order valence-corrected chi connectivity index (χ4v) is 3.45. The van der Waals surface area contributed by atoms with Crippen LogP contribution in [-0.2, 0) is 27.2 Å². The van der Waals surface area contributed by atoms with Crippen LogP contribution in [0.25, 0.3) is 0 Å². The second-order valence-electron chi connectivity index (χ2n) is 5.59. The molecule has 0 saturated heterocycles. The number of hydrogen-bond acceptors (Lipinski definition) is 5. The van der Waals surface area contributed by atoms with Crippen LogP contribution in [-0.4, -0.2) is 43.1 Å². The van der Waals surface area contributed by atoms with E-state index in [0.29, 0.717) is 31.7 Å². The molecule has 0 unspecified atom stereocenters. The van der Waals surface area contributed by atoms with E-state index in [9.17, 15) is 9.59 Å². The molecule has 126 valence electrons. The zero-order chi connectivity index (χ0) is 16.9. The second kappa shape index (κ2) is 7.59. The van der Waals surface area contributed by atoms with Crippen LogP contribution < -0.4 is 0 Å². The van der Waals surface area contributed by atoms with Gasteiger partial charge in [-0.15, -0.1) is 11.3 Å². The van der Waals surface area contributed by atoms with E-state index in [1.165, 1.54) is 0 Å². The van der Waals surface area contributed by atoms with Gasteiger partial charge in [0.25, 0.3) is 5.91 Å². The summed E-state index contributed by atoms with van der Waals surface area (Å²) in [6, 6.07) is 11.2. The Hall–Kier alpha value is -2.18. The molecule has 0 radical (unpaired) electrons. The van der Waals surface area contributed by atoms with Crippen LogP contribution in [0.5, 0.6) is 0 Å². The fourth-order valence-electron chi connectivity index (χ4n) is 2.73. The van der Waals surface area contributed by atoms with Crippen molar-refractivity contribution in [3.05, 3.63) is 57.8 Å². The Labute approximate surface area is 144 Å². The van der Waals surface area contributed by atoms with Gasteiger partial charge in [-0.2, -0.15) is 0 Å². The molecule has 6 heteroatoms. The highest BCUT2D eigenvalue weighted by Crippen LogP contribution is 2.22. The summed E-state index contributed by atoms with van der Waals surface area (Å²) in [6.07, 6.45) is -0.362. The monoisotopic (exact) mass is 345 g/mol. The molecule has 0 fully saturated rings. The summed E-state index contributed by atoms with van der Waals surface area (Å²) in [5.41, 5.74) is 1.40. The molecule has 2 heterocycles. The maximum absolute atomic E-state index is 12.9. The molecule has 1 aromatic carbocycles. The van der Waals surface area contributed by atoms with Gasteiger partial charge in [0.05, 0.1) is 18.7 Å². The standard InChI is InChI=1S/C18H19NO4S/c1-22-9-8-19(12-14-6-4-10-24-14)17(20)16-11-13-5-2-3-7-15(13)18(21)23-16/h2-7,10,16H,8-9,11-12H2,1H3/t16-/m0/s1. The molecule has 1 aliphatic heterocycles. The number of esters is 1. The van der Waals surface area contributed by atoms with Gasteiger partial charge >= 0.3 is 5.97 Å². The maximum Gasteiger partial charge on any atom is 0.339 e. The first-order valence-electron chi connectivity index (χ1n) is 7.78. The average molecular weight is 345 g/mol. The molecule has 0 N–H and O–H groups in total. The number of carbonyl (C=O) groups is 2. The Morgan fingerprint density at radius 3 is 2.92 bits per heavy atom. The van der Waals surface area contributed by atoms with Gasteiger partial charge in [0, 0.05) is 25.0 Å². The smallest absolute Gasteiger partial charge is 0.339 e. The SMILES string of the molecule is COCCN(Cc1cccs1)C(=O)[C@@H]1Cc2ccccc2C(=O)O1. The summed E-state index contributed by atoms with van der Waals surface area (Å²) < 4.78 is 10.5. The third kappa shape index (κ3) is 3.66. The second-order valence-corrected chi connectivity index (χ2v) is 6.62. The van der Waals surface area contributed by atoms with Gasteiger partial charge < -0.3 is 14.4 Å². The molecule has 0 saturated carbocycles. The molecule has 3 rings (SSSR count). The van der Waals surface area contributed by atoms with Crippen LogP contribution in [0.3, 0.4) is 0 Å². The first-order valence-corrected chi connectivity index (χ1v) is 8.66. The van der Waals surface area contributed by atoms with E-state index in [4.69, 9.17) is 9.47 Å². The number of amides is 1. The fraction of sp³-hybridized carbons (Fsp3) is 0.333. The average Bonchev–Trinajstić information content (AvgIpc) is 3.11. The lowest BCUT2D eigenvalue weighted by molar-refractivity contribution is -0.142. The van der Waals surface area contributed by atoms with Gasteiger partial charge in [-0.05, 0) is 23.1 Å². The van der Waals surface area contributed by atoms with Crippen molar-refractivity contribution >= 4 is 23.2 Å². The number of thiophene rings is 1. The molecule has 24 heavy (non-hydrogen) atoms. The van der Waals surface area contributed by atoms with Crippen molar-refractivity contribution < 1.29 is 19.1 Å². The van der Waals surface area contributed by atoms with Crippen LogP contribution in [0.15, 0.2) is 41.8 Å². The van der Waals surface area contributed by atoms with Gasteiger partial charge in [-0.3, -0.25) is 4.79 Å². The Bertz CT molecular complexity index is 714. The molecule has 5 nitrogen and oxygen atoms in total. The minimum absolute atomic E-state index is 0.177. The van der Waals surface area contributed by atoms with E-state index in [1.807, 2.05) is 29.6 Å². The number of ether oxygens (including phenoxy) is 2. The van der Waals surface area contributed by atoms with Crippen LogP contribution in [0.1, 0.15) is 20.8 Å². The molecular formula is C18H19NO4S. The number of methoxy groups -OCH3 is 1. The molecular weight excluding hydrogens is 326 g/mol. The largest absolute Gasteiger partial charge is 0.448 e. The highest BCUT2D eigenvalue weighted by Gasteiger charge is 2.33. The van der Waals surface area contributed by atoms with E-state index in [1.54, 1.807) is 35.5 Å². The van der Waals surface area contributed by atoms with Crippen molar-refractivity contribution in [3.8, 4) is 0 Å². The predicted octanol–water partition coefficient (Wildman–Crippen LogP) is 2.50. The number of rotatable bonds is 6. The topological polar surface area (TPSA) is 55.8 Å². The third-order valence-corrected chi connectivity index (χ3v) is 4.83. The molecule has 0 bridgehead atoms. The molecule has 0 aliphatic carbocycles. The quantitative estimate of drug-likeness (QED) is 0.755.